The Morgan fingerprint density at radius 1 is 1.31 bits per heavy atom. The monoisotopic (exact) mass is 253 g/mol. The van der Waals surface area contributed by atoms with Gasteiger partial charge in [0.2, 0.25) is 6.09 Å². The summed E-state index contributed by atoms with van der Waals surface area (Å²) in [5, 5.41) is 0. The molecular formula is C9H10NO2Y+2. The number of carbonyl (C=O) groups is 1. The maximum Gasteiger partial charge on any atom is 3.00 e. The minimum atomic E-state index is -0.967. The van der Waals surface area contributed by atoms with Crippen LogP contribution in [0.4, 0.5) is 4.79 Å². The van der Waals surface area contributed by atoms with E-state index in [2.05, 4.69) is 4.74 Å². The second-order valence-corrected chi connectivity index (χ2v) is 2.37. The van der Waals surface area contributed by atoms with Crippen molar-refractivity contribution in [3.05, 3.63) is 41.6 Å². The number of nitrogens with one attached hydrogen (secondary N) is 1. The largest absolute Gasteiger partial charge is 3.00 e. The molecule has 0 heterocycles. The molecule has 3 nitrogen and oxygen atoms in total. The van der Waals surface area contributed by atoms with Crippen LogP contribution in [-0.2, 0) is 43.9 Å². The molecule has 64 valence electrons. The van der Waals surface area contributed by atoms with E-state index in [-0.39, 0.29) is 39.3 Å². The van der Waals surface area contributed by atoms with Gasteiger partial charge in [0.05, 0.1) is 6.61 Å². The second-order valence-electron chi connectivity index (χ2n) is 2.37. The molecule has 0 saturated heterocycles. The summed E-state index contributed by atoms with van der Waals surface area (Å²) in [5.41, 5.74) is 7.59. The van der Waals surface area contributed by atoms with E-state index < -0.39 is 6.09 Å². The molecule has 4 heteroatoms. The molecule has 13 heavy (non-hydrogen) atoms. The summed E-state index contributed by atoms with van der Waals surface area (Å²) in [7, 11) is 0. The predicted octanol–water partition coefficient (Wildman–Crippen LogP) is 2.42. The Bertz CT molecular complexity index is 251. The van der Waals surface area contributed by atoms with Crippen molar-refractivity contribution in [2.24, 2.45) is 0 Å². The van der Waals surface area contributed by atoms with Crippen molar-refractivity contribution in [2.75, 3.05) is 6.61 Å². The summed E-state index contributed by atoms with van der Waals surface area (Å²) >= 11 is 0. The van der Waals surface area contributed by atoms with E-state index in [1.165, 1.54) is 0 Å². The van der Waals surface area contributed by atoms with E-state index in [9.17, 15) is 4.79 Å². The van der Waals surface area contributed by atoms with Crippen LogP contribution in [0.2, 0.25) is 0 Å². The molecule has 0 aliphatic carbocycles. The van der Waals surface area contributed by atoms with Gasteiger partial charge in [-0.05, 0) is 5.56 Å². The standard InChI is InChI=1S/C9H11NO2.Y/c10-9(11)12-7-6-8-4-2-1-3-5-8;/h1-5H,6-7H2,(H2,10,11);/q;+3/p-1. The number of rotatable bonds is 3. The molecule has 0 aromatic heterocycles. The van der Waals surface area contributed by atoms with Crippen LogP contribution >= 0.6 is 0 Å². The third-order valence-electron chi connectivity index (χ3n) is 1.47. The van der Waals surface area contributed by atoms with Crippen LogP contribution in [0.3, 0.4) is 0 Å². The van der Waals surface area contributed by atoms with Gasteiger partial charge in [0.15, 0.2) is 0 Å². The van der Waals surface area contributed by atoms with Crippen molar-refractivity contribution >= 4 is 6.09 Å². The Morgan fingerprint density at radius 3 is 2.46 bits per heavy atom. The first-order valence-electron chi connectivity index (χ1n) is 3.71. The number of hydrogen-bond acceptors (Lipinski definition) is 2. The van der Waals surface area contributed by atoms with Crippen LogP contribution in [0.15, 0.2) is 30.3 Å². The third-order valence-corrected chi connectivity index (χ3v) is 1.47. The summed E-state index contributed by atoms with van der Waals surface area (Å²) < 4.78 is 4.47. The van der Waals surface area contributed by atoms with Gasteiger partial charge in [0.1, 0.15) is 0 Å². The van der Waals surface area contributed by atoms with Crippen molar-refractivity contribution in [2.45, 2.75) is 6.42 Å². The van der Waals surface area contributed by atoms with Gasteiger partial charge in [-0.15, -0.1) is 0 Å². The first-order valence-corrected chi connectivity index (χ1v) is 3.71. The Balaban J connectivity index is 0.00000144. The minimum absolute atomic E-state index is 0. The molecule has 0 radical (unpaired) electrons. The average molecular weight is 253 g/mol. The number of carbonyl (C=O) groups excluding carboxylic acids is 1. The summed E-state index contributed by atoms with van der Waals surface area (Å²) in [4.78, 5) is 10.1. The average Bonchev–Trinajstić information content (AvgIpc) is 2.05. The maximum atomic E-state index is 10.1. The number of hydrogen-bond donors (Lipinski definition) is 0. The van der Waals surface area contributed by atoms with Gasteiger partial charge >= 0.3 is 32.7 Å². The quantitative estimate of drug-likeness (QED) is 0.830. The van der Waals surface area contributed by atoms with Gasteiger partial charge in [0.25, 0.3) is 0 Å². The zero-order valence-corrected chi connectivity index (χ0v) is 10.0. The molecule has 0 saturated carbocycles. The molecule has 1 aromatic rings. The van der Waals surface area contributed by atoms with Crippen LogP contribution in [0.25, 0.3) is 5.73 Å². The molecule has 0 aliphatic rings. The van der Waals surface area contributed by atoms with Crippen molar-refractivity contribution in [3.63, 3.8) is 0 Å². The molecule has 1 rings (SSSR count). The van der Waals surface area contributed by atoms with Crippen LogP contribution in [0, 0.1) is 0 Å². The molecule has 1 aromatic carbocycles. The smallest absolute Gasteiger partial charge is 0.632 e. The van der Waals surface area contributed by atoms with Gasteiger partial charge in [-0.3, -0.25) is 4.79 Å². The summed E-state index contributed by atoms with van der Waals surface area (Å²) in [5.74, 6) is 0. The van der Waals surface area contributed by atoms with E-state index in [1.807, 2.05) is 30.3 Å². The van der Waals surface area contributed by atoms with Gasteiger partial charge < -0.3 is 10.5 Å². The molecule has 0 aliphatic heterocycles. The fraction of sp³-hybridized carbons (Fsp3) is 0.222. The third kappa shape index (κ3) is 5.77. The maximum absolute atomic E-state index is 10.1. The fourth-order valence-electron chi connectivity index (χ4n) is 0.906. The van der Waals surface area contributed by atoms with Crippen LogP contribution in [0.1, 0.15) is 5.56 Å². The Labute approximate surface area is 103 Å². The molecule has 1 N–H and O–H groups in total. The summed E-state index contributed by atoms with van der Waals surface area (Å²) in [6.07, 6.45) is -0.295. The summed E-state index contributed by atoms with van der Waals surface area (Å²) in [6, 6.07) is 9.70. The van der Waals surface area contributed by atoms with Crippen LogP contribution in [0.5, 0.6) is 0 Å². The van der Waals surface area contributed by atoms with Crippen LogP contribution < -0.4 is 0 Å². The van der Waals surface area contributed by atoms with Crippen LogP contribution in [-0.4, -0.2) is 12.7 Å². The minimum Gasteiger partial charge on any atom is -0.632 e. The van der Waals surface area contributed by atoms with E-state index in [0.717, 1.165) is 5.56 Å². The molecular weight excluding hydrogens is 243 g/mol. The Kier molecular flexibility index (Phi) is 6.82. The van der Waals surface area contributed by atoms with Crippen molar-refractivity contribution in [3.8, 4) is 0 Å². The molecule has 0 fully saturated rings. The topological polar surface area (TPSA) is 50.1 Å². The van der Waals surface area contributed by atoms with Gasteiger partial charge in [0, 0.05) is 6.42 Å². The van der Waals surface area contributed by atoms with Gasteiger partial charge in [-0.25, -0.2) is 0 Å². The number of benzene rings is 1. The zero-order valence-electron chi connectivity index (χ0n) is 7.19. The Hall–Kier alpha value is -0.406. The zero-order chi connectivity index (χ0) is 8.81. The van der Waals surface area contributed by atoms with E-state index in [0.29, 0.717) is 6.42 Å². The van der Waals surface area contributed by atoms with Gasteiger partial charge in [-0.1, -0.05) is 30.3 Å². The molecule has 0 spiro atoms. The number of amides is 1. The predicted molar refractivity (Wildman–Crippen MR) is 45.8 cm³/mol. The van der Waals surface area contributed by atoms with E-state index in [4.69, 9.17) is 5.73 Å². The molecule has 0 atom stereocenters. The first kappa shape index (κ1) is 12.6. The van der Waals surface area contributed by atoms with Crippen molar-refractivity contribution in [1.82, 2.24) is 0 Å². The van der Waals surface area contributed by atoms with Crippen molar-refractivity contribution in [1.29, 1.82) is 0 Å². The van der Waals surface area contributed by atoms with Gasteiger partial charge in [-0.2, -0.15) is 0 Å². The fourth-order valence-corrected chi connectivity index (χ4v) is 0.906. The molecule has 0 unspecified atom stereocenters. The van der Waals surface area contributed by atoms with Crippen molar-refractivity contribution < 1.29 is 42.2 Å². The SMILES string of the molecule is [NH-]C(=O)OCCc1ccccc1.[Y+3]. The number of ether oxygens (including phenoxy) is 1. The molecule has 1 amide bonds. The second kappa shape index (κ2) is 7.04. The van der Waals surface area contributed by atoms with E-state index in [1.54, 1.807) is 0 Å². The first-order chi connectivity index (χ1) is 5.79. The van der Waals surface area contributed by atoms with E-state index >= 15 is 0 Å². The Morgan fingerprint density at radius 2 is 1.92 bits per heavy atom. The normalized spacial score (nSPS) is 8.62. The summed E-state index contributed by atoms with van der Waals surface area (Å²) in [6.45, 7) is 0.284. The molecule has 0 bridgehead atoms.